The molecule has 1 N–H and O–H groups in total. The van der Waals surface area contributed by atoms with Gasteiger partial charge in [-0.05, 0) is 46.5 Å². The van der Waals surface area contributed by atoms with Gasteiger partial charge in [0, 0.05) is 18.2 Å². The Hall–Kier alpha value is -0.800. The van der Waals surface area contributed by atoms with E-state index in [-0.39, 0.29) is 0 Å². The second-order valence-electron chi connectivity index (χ2n) is 4.49. The fraction of sp³-hybridized carbons (Fsp3) is 0.692. The van der Waals surface area contributed by atoms with Crippen LogP contribution >= 0.6 is 0 Å². The van der Waals surface area contributed by atoms with E-state index in [9.17, 15) is 0 Å². The van der Waals surface area contributed by atoms with Gasteiger partial charge < -0.3 is 14.6 Å². The first-order valence-corrected chi connectivity index (χ1v) is 6.08. The van der Waals surface area contributed by atoms with Crippen molar-refractivity contribution in [2.45, 2.75) is 39.8 Å². The monoisotopic (exact) mass is 224 g/mol. The largest absolute Gasteiger partial charge is 0.469 e. The van der Waals surface area contributed by atoms with Gasteiger partial charge in [0.1, 0.15) is 5.76 Å². The van der Waals surface area contributed by atoms with Gasteiger partial charge in [0.2, 0.25) is 0 Å². The molecular weight excluding hydrogens is 200 g/mol. The number of nitrogens with one attached hydrogen (secondary N) is 1. The van der Waals surface area contributed by atoms with Gasteiger partial charge in [-0.25, -0.2) is 0 Å². The van der Waals surface area contributed by atoms with Crippen LogP contribution in [0.2, 0.25) is 0 Å². The van der Waals surface area contributed by atoms with E-state index in [0.29, 0.717) is 6.04 Å². The maximum atomic E-state index is 5.29. The summed E-state index contributed by atoms with van der Waals surface area (Å²) in [6.45, 7) is 9.53. The summed E-state index contributed by atoms with van der Waals surface area (Å²) in [5.74, 6) is 1.03. The standard InChI is InChI=1S/C13H24N2O/c1-5-14-11(2)6-8-15(4)10-13-7-9-16-12(13)3/h7,9,11,14H,5-6,8,10H2,1-4H3. The van der Waals surface area contributed by atoms with Crippen LogP contribution in [0.4, 0.5) is 0 Å². The van der Waals surface area contributed by atoms with Gasteiger partial charge in [0.05, 0.1) is 6.26 Å². The third-order valence-corrected chi connectivity index (χ3v) is 2.90. The summed E-state index contributed by atoms with van der Waals surface area (Å²) in [7, 11) is 2.16. The Bertz CT molecular complexity index is 296. The Morgan fingerprint density at radius 3 is 2.81 bits per heavy atom. The molecule has 0 spiro atoms. The number of aryl methyl sites for hydroxylation is 1. The molecule has 0 radical (unpaired) electrons. The first-order chi connectivity index (χ1) is 7.63. The van der Waals surface area contributed by atoms with Crippen LogP contribution in [0.15, 0.2) is 16.7 Å². The highest BCUT2D eigenvalue weighted by Gasteiger charge is 2.07. The van der Waals surface area contributed by atoms with Gasteiger partial charge >= 0.3 is 0 Å². The smallest absolute Gasteiger partial charge is 0.105 e. The first kappa shape index (κ1) is 13.3. The zero-order valence-electron chi connectivity index (χ0n) is 10.9. The lowest BCUT2D eigenvalue weighted by molar-refractivity contribution is 0.302. The molecule has 16 heavy (non-hydrogen) atoms. The molecule has 0 aromatic carbocycles. The molecule has 1 rings (SSSR count). The van der Waals surface area contributed by atoms with Gasteiger partial charge in [0.15, 0.2) is 0 Å². The molecule has 1 heterocycles. The van der Waals surface area contributed by atoms with Crippen LogP contribution in [-0.4, -0.2) is 31.1 Å². The normalized spacial score (nSPS) is 13.3. The summed E-state index contributed by atoms with van der Waals surface area (Å²) in [5.41, 5.74) is 1.29. The summed E-state index contributed by atoms with van der Waals surface area (Å²) < 4.78 is 5.29. The van der Waals surface area contributed by atoms with Crippen LogP contribution < -0.4 is 5.32 Å². The van der Waals surface area contributed by atoms with Crippen molar-refractivity contribution in [1.82, 2.24) is 10.2 Å². The second kappa shape index (κ2) is 6.71. The lowest BCUT2D eigenvalue weighted by atomic mass is 10.2. The molecule has 0 aliphatic carbocycles. The fourth-order valence-electron chi connectivity index (χ4n) is 1.81. The minimum Gasteiger partial charge on any atom is -0.469 e. The molecule has 92 valence electrons. The highest BCUT2D eigenvalue weighted by Crippen LogP contribution is 2.11. The van der Waals surface area contributed by atoms with Crippen LogP contribution in [0.25, 0.3) is 0 Å². The van der Waals surface area contributed by atoms with E-state index in [1.165, 1.54) is 12.0 Å². The summed E-state index contributed by atoms with van der Waals surface area (Å²) in [4.78, 5) is 2.34. The number of furan rings is 1. The van der Waals surface area contributed by atoms with Crippen LogP contribution in [-0.2, 0) is 6.54 Å². The zero-order valence-corrected chi connectivity index (χ0v) is 10.9. The highest BCUT2D eigenvalue weighted by molar-refractivity contribution is 5.14. The van der Waals surface area contributed by atoms with Crippen LogP contribution in [0.5, 0.6) is 0 Å². The maximum absolute atomic E-state index is 5.29. The molecule has 3 nitrogen and oxygen atoms in total. The van der Waals surface area contributed by atoms with Crippen molar-refractivity contribution in [2.24, 2.45) is 0 Å². The second-order valence-corrected chi connectivity index (χ2v) is 4.49. The van der Waals surface area contributed by atoms with Crippen LogP contribution in [0, 0.1) is 6.92 Å². The molecular formula is C13H24N2O. The lowest BCUT2D eigenvalue weighted by Gasteiger charge is -2.19. The van der Waals surface area contributed by atoms with E-state index >= 15 is 0 Å². The fourth-order valence-corrected chi connectivity index (χ4v) is 1.81. The molecule has 0 amide bonds. The molecule has 0 bridgehead atoms. The summed E-state index contributed by atoms with van der Waals surface area (Å²) in [5, 5.41) is 3.43. The van der Waals surface area contributed by atoms with Crippen molar-refractivity contribution in [3.8, 4) is 0 Å². The predicted molar refractivity (Wildman–Crippen MR) is 67.5 cm³/mol. The van der Waals surface area contributed by atoms with Gasteiger partial charge in [0.25, 0.3) is 0 Å². The summed E-state index contributed by atoms with van der Waals surface area (Å²) in [6, 6.07) is 2.65. The Labute approximate surface area is 98.8 Å². The number of hydrogen-bond donors (Lipinski definition) is 1. The average Bonchev–Trinajstić information content (AvgIpc) is 2.62. The number of hydrogen-bond acceptors (Lipinski definition) is 3. The van der Waals surface area contributed by atoms with E-state index in [0.717, 1.165) is 25.4 Å². The zero-order chi connectivity index (χ0) is 12.0. The lowest BCUT2D eigenvalue weighted by Crippen LogP contribution is -2.30. The van der Waals surface area contributed by atoms with Crippen LogP contribution in [0.1, 0.15) is 31.6 Å². The van der Waals surface area contributed by atoms with Gasteiger partial charge in [-0.15, -0.1) is 0 Å². The maximum Gasteiger partial charge on any atom is 0.105 e. The van der Waals surface area contributed by atoms with Crippen molar-refractivity contribution < 1.29 is 4.42 Å². The molecule has 0 aliphatic rings. The third kappa shape index (κ3) is 4.37. The number of rotatable bonds is 7. The summed E-state index contributed by atoms with van der Waals surface area (Å²) >= 11 is 0. The van der Waals surface area contributed by atoms with Crippen molar-refractivity contribution >= 4 is 0 Å². The molecule has 1 aromatic rings. The molecule has 1 aromatic heterocycles. The minimum absolute atomic E-state index is 0.595. The minimum atomic E-state index is 0.595. The third-order valence-electron chi connectivity index (χ3n) is 2.90. The van der Waals surface area contributed by atoms with Gasteiger partial charge in [-0.3, -0.25) is 0 Å². The van der Waals surface area contributed by atoms with E-state index in [2.05, 4.69) is 37.2 Å². The number of nitrogens with zero attached hydrogens (tertiary/aromatic N) is 1. The molecule has 0 aliphatic heterocycles. The van der Waals surface area contributed by atoms with Crippen molar-refractivity contribution in [3.63, 3.8) is 0 Å². The van der Waals surface area contributed by atoms with E-state index < -0.39 is 0 Å². The molecule has 1 atom stereocenters. The van der Waals surface area contributed by atoms with Crippen molar-refractivity contribution in [1.29, 1.82) is 0 Å². The molecule has 0 saturated carbocycles. The van der Waals surface area contributed by atoms with E-state index in [1.807, 2.05) is 6.92 Å². The Morgan fingerprint density at radius 2 is 2.25 bits per heavy atom. The topological polar surface area (TPSA) is 28.4 Å². The van der Waals surface area contributed by atoms with E-state index in [1.54, 1.807) is 6.26 Å². The Morgan fingerprint density at radius 1 is 1.50 bits per heavy atom. The van der Waals surface area contributed by atoms with Gasteiger partial charge in [-0.2, -0.15) is 0 Å². The average molecular weight is 224 g/mol. The van der Waals surface area contributed by atoms with Crippen molar-refractivity contribution in [2.75, 3.05) is 20.1 Å². The summed E-state index contributed by atoms with van der Waals surface area (Å²) in [6.07, 6.45) is 2.95. The Balaban J connectivity index is 2.26. The predicted octanol–water partition coefficient (Wildman–Crippen LogP) is 2.41. The quantitative estimate of drug-likeness (QED) is 0.771. The highest BCUT2D eigenvalue weighted by atomic mass is 16.3. The van der Waals surface area contributed by atoms with Gasteiger partial charge in [-0.1, -0.05) is 6.92 Å². The molecule has 0 fully saturated rings. The molecule has 3 heteroatoms. The molecule has 1 unspecified atom stereocenters. The Kier molecular flexibility index (Phi) is 5.56. The SMILES string of the molecule is CCNC(C)CCN(C)Cc1ccoc1C. The van der Waals surface area contributed by atoms with Crippen LogP contribution in [0.3, 0.4) is 0 Å². The first-order valence-electron chi connectivity index (χ1n) is 6.08. The van der Waals surface area contributed by atoms with Crippen molar-refractivity contribution in [3.05, 3.63) is 23.7 Å². The molecule has 0 saturated heterocycles. The van der Waals surface area contributed by atoms with E-state index in [4.69, 9.17) is 4.42 Å².